The topological polar surface area (TPSA) is 68.3 Å². The average Bonchev–Trinajstić information content (AvgIpc) is 2.48. The largest absolute Gasteiger partial charge is 0.465 e. The van der Waals surface area contributed by atoms with E-state index in [1.807, 2.05) is 0 Å². The van der Waals surface area contributed by atoms with E-state index in [0.29, 0.717) is 20.9 Å². The van der Waals surface area contributed by atoms with Crippen LogP contribution >= 0.6 is 27.5 Å². The number of hydrogen-bond donors (Lipinski definition) is 1. The van der Waals surface area contributed by atoms with Crippen molar-refractivity contribution in [3.8, 4) is 0 Å². The van der Waals surface area contributed by atoms with Gasteiger partial charge in [-0.3, -0.25) is 4.79 Å². The van der Waals surface area contributed by atoms with Crippen molar-refractivity contribution in [2.45, 2.75) is 0 Å². The summed E-state index contributed by atoms with van der Waals surface area (Å²) in [5.74, 6) is -0.942. The van der Waals surface area contributed by atoms with Gasteiger partial charge in [-0.1, -0.05) is 17.7 Å². The average molecular weight is 370 g/mol. The molecule has 2 rings (SSSR count). The monoisotopic (exact) mass is 368 g/mol. The van der Waals surface area contributed by atoms with Crippen LogP contribution in [0.4, 0.5) is 5.69 Å². The molecule has 0 unspecified atom stereocenters. The normalized spacial score (nSPS) is 10.0. The van der Waals surface area contributed by atoms with E-state index in [-0.39, 0.29) is 5.69 Å². The first-order chi connectivity index (χ1) is 10.0. The lowest BCUT2D eigenvalue weighted by molar-refractivity contribution is 0.0600. The Morgan fingerprint density at radius 1 is 1.29 bits per heavy atom. The van der Waals surface area contributed by atoms with Crippen LogP contribution in [0, 0.1) is 0 Å². The van der Waals surface area contributed by atoms with Crippen molar-refractivity contribution >= 4 is 45.1 Å². The highest BCUT2D eigenvalue weighted by Gasteiger charge is 2.13. The number of amides is 1. The van der Waals surface area contributed by atoms with Gasteiger partial charge >= 0.3 is 5.97 Å². The summed E-state index contributed by atoms with van der Waals surface area (Å²) in [4.78, 5) is 27.6. The summed E-state index contributed by atoms with van der Waals surface area (Å²) in [6, 6.07) is 9.45. The van der Waals surface area contributed by atoms with Gasteiger partial charge in [0.05, 0.1) is 23.4 Å². The number of carbonyl (C=O) groups is 2. The Hall–Kier alpha value is -1.92. The maximum atomic E-state index is 12.1. The minimum Gasteiger partial charge on any atom is -0.465 e. The zero-order chi connectivity index (χ0) is 15.4. The Morgan fingerprint density at radius 3 is 2.71 bits per heavy atom. The maximum Gasteiger partial charge on any atom is 0.337 e. The lowest BCUT2D eigenvalue weighted by Gasteiger charge is -2.08. The third kappa shape index (κ3) is 3.80. The summed E-state index contributed by atoms with van der Waals surface area (Å²) in [5, 5.41) is 2.92. The molecule has 1 aromatic heterocycles. The lowest BCUT2D eigenvalue weighted by atomic mass is 10.2. The fraction of sp³-hybridized carbons (Fsp3) is 0.0714. The lowest BCUT2D eigenvalue weighted by Crippen LogP contribution is -2.14. The van der Waals surface area contributed by atoms with Gasteiger partial charge in [0.15, 0.2) is 0 Å². The molecule has 0 saturated heterocycles. The van der Waals surface area contributed by atoms with Crippen LogP contribution in [0.15, 0.2) is 41.0 Å². The molecule has 1 aromatic carbocycles. The third-order valence-corrected chi connectivity index (χ3v) is 3.35. The van der Waals surface area contributed by atoms with Gasteiger partial charge in [-0.25, -0.2) is 9.78 Å². The van der Waals surface area contributed by atoms with Crippen molar-refractivity contribution in [1.29, 1.82) is 0 Å². The third-order valence-electron chi connectivity index (χ3n) is 2.58. The van der Waals surface area contributed by atoms with Gasteiger partial charge in [-0.2, -0.15) is 0 Å². The van der Waals surface area contributed by atoms with Crippen molar-refractivity contribution in [2.75, 3.05) is 12.4 Å². The second-order valence-corrected chi connectivity index (χ2v) is 5.21. The number of anilines is 1. The molecular formula is C14H10BrClN2O3. The van der Waals surface area contributed by atoms with Crippen LogP contribution < -0.4 is 5.32 Å². The van der Waals surface area contributed by atoms with Gasteiger partial charge in [0.2, 0.25) is 0 Å². The molecule has 0 atom stereocenters. The summed E-state index contributed by atoms with van der Waals surface area (Å²) < 4.78 is 5.17. The Labute approximate surface area is 134 Å². The summed E-state index contributed by atoms with van der Waals surface area (Å²) in [7, 11) is 1.28. The predicted molar refractivity (Wildman–Crippen MR) is 82.7 cm³/mol. The quantitative estimate of drug-likeness (QED) is 0.664. The highest BCUT2D eigenvalue weighted by Crippen LogP contribution is 2.24. The summed E-state index contributed by atoms with van der Waals surface area (Å²) in [5.41, 5.74) is 0.828. The molecule has 0 spiro atoms. The second kappa shape index (κ2) is 6.69. The maximum absolute atomic E-state index is 12.1. The first-order valence-corrected chi connectivity index (χ1v) is 7.00. The predicted octanol–water partition coefficient (Wildman–Crippen LogP) is 3.54. The molecule has 0 aliphatic rings. The SMILES string of the molecule is COC(=O)c1ccc(Cl)c(NC(=O)c2cccc(Br)n2)c1. The van der Waals surface area contributed by atoms with Crippen LogP contribution in [-0.2, 0) is 4.74 Å². The molecule has 0 aliphatic heterocycles. The van der Waals surface area contributed by atoms with Crippen LogP contribution in [0.1, 0.15) is 20.8 Å². The highest BCUT2D eigenvalue weighted by molar-refractivity contribution is 9.10. The first kappa shape index (κ1) is 15.5. The molecule has 0 saturated carbocycles. The fourth-order valence-electron chi connectivity index (χ4n) is 1.59. The van der Waals surface area contributed by atoms with Crippen LogP contribution in [0.5, 0.6) is 0 Å². The minimum atomic E-state index is -0.511. The van der Waals surface area contributed by atoms with Crippen LogP contribution in [0.25, 0.3) is 0 Å². The molecule has 2 aromatic rings. The number of benzene rings is 1. The highest BCUT2D eigenvalue weighted by atomic mass is 79.9. The van der Waals surface area contributed by atoms with Crippen molar-refractivity contribution in [3.63, 3.8) is 0 Å². The van der Waals surface area contributed by atoms with Crippen LogP contribution in [0.2, 0.25) is 5.02 Å². The van der Waals surface area contributed by atoms with Crippen LogP contribution in [0.3, 0.4) is 0 Å². The first-order valence-electron chi connectivity index (χ1n) is 5.83. The Morgan fingerprint density at radius 2 is 2.05 bits per heavy atom. The number of pyridine rings is 1. The number of carbonyl (C=O) groups excluding carboxylic acids is 2. The number of halogens is 2. The van der Waals surface area contributed by atoms with Gasteiger partial charge in [0, 0.05) is 0 Å². The van der Waals surface area contributed by atoms with E-state index in [1.165, 1.54) is 25.3 Å². The number of ether oxygens (including phenoxy) is 1. The van der Waals surface area contributed by atoms with Crippen LogP contribution in [-0.4, -0.2) is 24.0 Å². The molecule has 0 radical (unpaired) electrons. The number of esters is 1. The van der Waals surface area contributed by atoms with E-state index in [0.717, 1.165) is 0 Å². The van der Waals surface area contributed by atoms with Crippen molar-refractivity contribution in [3.05, 3.63) is 57.3 Å². The van der Waals surface area contributed by atoms with E-state index in [9.17, 15) is 9.59 Å². The van der Waals surface area contributed by atoms with E-state index in [1.54, 1.807) is 18.2 Å². The number of hydrogen-bond acceptors (Lipinski definition) is 4. The van der Waals surface area contributed by atoms with Gasteiger partial charge in [-0.05, 0) is 46.3 Å². The zero-order valence-electron chi connectivity index (χ0n) is 10.9. The van der Waals surface area contributed by atoms with Crippen molar-refractivity contribution < 1.29 is 14.3 Å². The van der Waals surface area contributed by atoms with E-state index in [2.05, 4.69) is 31.0 Å². The van der Waals surface area contributed by atoms with E-state index in [4.69, 9.17) is 11.6 Å². The van der Waals surface area contributed by atoms with Gasteiger partial charge in [-0.15, -0.1) is 0 Å². The summed E-state index contributed by atoms with van der Waals surface area (Å²) in [6.07, 6.45) is 0. The number of nitrogens with one attached hydrogen (secondary N) is 1. The standard InChI is InChI=1S/C14H10BrClN2O3/c1-21-14(20)8-5-6-9(16)11(7-8)18-13(19)10-3-2-4-12(15)17-10/h2-7H,1H3,(H,18,19). The van der Waals surface area contributed by atoms with Gasteiger partial charge < -0.3 is 10.1 Å². The molecule has 0 aliphatic carbocycles. The number of aromatic nitrogens is 1. The van der Waals surface area contributed by atoms with E-state index < -0.39 is 11.9 Å². The van der Waals surface area contributed by atoms with Gasteiger partial charge in [0.25, 0.3) is 5.91 Å². The second-order valence-electron chi connectivity index (χ2n) is 3.99. The van der Waals surface area contributed by atoms with E-state index >= 15 is 0 Å². The Bertz CT molecular complexity index is 706. The molecule has 21 heavy (non-hydrogen) atoms. The molecule has 5 nitrogen and oxygen atoms in total. The molecule has 108 valence electrons. The van der Waals surface area contributed by atoms with Crippen molar-refractivity contribution in [1.82, 2.24) is 4.98 Å². The molecule has 1 N–H and O–H groups in total. The molecule has 0 fully saturated rings. The molecule has 1 amide bonds. The number of methoxy groups -OCH3 is 1. The zero-order valence-corrected chi connectivity index (χ0v) is 13.2. The Kier molecular flexibility index (Phi) is 4.93. The number of rotatable bonds is 3. The molecule has 1 heterocycles. The smallest absolute Gasteiger partial charge is 0.337 e. The Balaban J connectivity index is 2.26. The number of nitrogens with zero attached hydrogens (tertiary/aromatic N) is 1. The van der Waals surface area contributed by atoms with Gasteiger partial charge in [0.1, 0.15) is 10.3 Å². The molecular weight excluding hydrogens is 360 g/mol. The summed E-state index contributed by atoms with van der Waals surface area (Å²) >= 11 is 9.20. The minimum absolute atomic E-state index is 0.226. The fourth-order valence-corrected chi connectivity index (χ4v) is 2.10. The molecule has 0 bridgehead atoms. The van der Waals surface area contributed by atoms with Crippen molar-refractivity contribution in [2.24, 2.45) is 0 Å². The summed E-state index contributed by atoms with van der Waals surface area (Å²) in [6.45, 7) is 0. The molecule has 7 heteroatoms.